The molecule has 1 fully saturated rings. The number of piperidine rings is 1. The van der Waals surface area contributed by atoms with Gasteiger partial charge in [-0.05, 0) is 68.5 Å². The van der Waals surface area contributed by atoms with Crippen molar-refractivity contribution in [1.82, 2.24) is 10.1 Å². The van der Waals surface area contributed by atoms with Crippen LogP contribution in [0.25, 0.3) is 6.08 Å². The molecule has 7 heteroatoms. The molecule has 1 aliphatic carbocycles. The van der Waals surface area contributed by atoms with Crippen molar-refractivity contribution < 1.29 is 18.5 Å². The van der Waals surface area contributed by atoms with Crippen LogP contribution < -0.4 is 4.90 Å². The zero-order valence-electron chi connectivity index (χ0n) is 18.0. The van der Waals surface area contributed by atoms with Crippen LogP contribution in [0.4, 0.5) is 10.1 Å². The number of likely N-dealkylation sites (tertiary alicyclic amines) is 1. The van der Waals surface area contributed by atoms with E-state index in [4.69, 9.17) is 4.52 Å². The Morgan fingerprint density at radius 3 is 2.66 bits per heavy atom. The summed E-state index contributed by atoms with van der Waals surface area (Å²) in [6, 6.07) is 4.01. The smallest absolute Gasteiger partial charge is 0.227 e. The Balaban J connectivity index is 1.12. The highest BCUT2D eigenvalue weighted by Crippen LogP contribution is 2.38. The van der Waals surface area contributed by atoms with E-state index in [-0.39, 0.29) is 17.5 Å². The van der Waals surface area contributed by atoms with Gasteiger partial charge < -0.3 is 9.42 Å². The highest BCUT2D eigenvalue weighted by Gasteiger charge is 2.33. The minimum atomic E-state index is -0.145. The van der Waals surface area contributed by atoms with E-state index >= 15 is 0 Å². The van der Waals surface area contributed by atoms with Gasteiger partial charge in [0.1, 0.15) is 5.83 Å². The van der Waals surface area contributed by atoms with Gasteiger partial charge in [0.2, 0.25) is 5.91 Å². The summed E-state index contributed by atoms with van der Waals surface area (Å²) in [5, 5.41) is 4.26. The molecule has 3 aliphatic heterocycles. The number of aromatic nitrogens is 1. The minimum absolute atomic E-state index is 0.145. The van der Waals surface area contributed by atoms with E-state index in [9.17, 15) is 14.0 Å². The number of carbonyl (C=O) groups excluding carboxylic acids is 2. The molecule has 0 atom stereocenters. The van der Waals surface area contributed by atoms with E-state index < -0.39 is 0 Å². The first-order valence-electron chi connectivity index (χ1n) is 11.6. The molecule has 166 valence electrons. The zero-order chi connectivity index (χ0) is 21.8. The molecule has 0 N–H and O–H groups in total. The standard InChI is InChI=1S/C25H26FN3O3/c26-19-2-3-20-22(13-19)32-27-24(20)15-5-8-28(9-6-15)14-21(30)18-11-16-1-4-23(31)29-10-7-17(12-18)25(16)29/h11-13,15H,1-10,14H2. The molecule has 0 bridgehead atoms. The maximum Gasteiger partial charge on any atom is 0.227 e. The van der Waals surface area contributed by atoms with Gasteiger partial charge in [-0.15, -0.1) is 0 Å². The second-order valence-electron chi connectivity index (χ2n) is 9.41. The van der Waals surface area contributed by atoms with E-state index in [0.29, 0.717) is 37.5 Å². The lowest BCUT2D eigenvalue weighted by molar-refractivity contribution is -0.118. The first kappa shape index (κ1) is 19.9. The highest BCUT2D eigenvalue weighted by atomic mass is 19.1. The molecule has 1 aromatic carbocycles. The molecule has 1 aromatic heterocycles. The van der Waals surface area contributed by atoms with Gasteiger partial charge >= 0.3 is 0 Å². The first-order valence-corrected chi connectivity index (χ1v) is 11.6. The number of hydrogen-bond donors (Lipinski definition) is 0. The second-order valence-corrected chi connectivity index (χ2v) is 9.41. The molecule has 4 aliphatic rings. The van der Waals surface area contributed by atoms with Crippen LogP contribution in [0.3, 0.4) is 0 Å². The maximum atomic E-state index is 13.5. The third-order valence-corrected chi connectivity index (χ3v) is 7.47. The van der Waals surface area contributed by atoms with E-state index in [2.05, 4.69) is 10.1 Å². The normalized spacial score (nSPS) is 20.8. The average Bonchev–Trinajstić information content (AvgIpc) is 3.42. The molecule has 32 heavy (non-hydrogen) atoms. The van der Waals surface area contributed by atoms with Crippen LogP contribution in [0.2, 0.25) is 0 Å². The lowest BCUT2D eigenvalue weighted by Gasteiger charge is -2.31. The second kappa shape index (κ2) is 7.66. The fourth-order valence-corrected chi connectivity index (χ4v) is 5.76. The number of nitrogens with zero attached hydrogens (tertiary/aromatic N) is 3. The number of Topliss-reactive ketones (excluding diaryl/α,β-unsaturated/α-hetero) is 1. The molecule has 0 saturated carbocycles. The molecule has 0 unspecified atom stereocenters. The summed E-state index contributed by atoms with van der Waals surface area (Å²) in [6.45, 7) is 2.82. The van der Waals surface area contributed by atoms with Crippen LogP contribution in [0.5, 0.6) is 0 Å². The fourth-order valence-electron chi connectivity index (χ4n) is 5.76. The molecule has 6 nitrogen and oxygen atoms in total. The fraction of sp³-hybridized carbons (Fsp3) is 0.480. The minimum Gasteiger partial charge on any atom is -0.356 e. The van der Waals surface area contributed by atoms with Crippen LogP contribution in [-0.2, 0) is 24.1 Å². The number of rotatable bonds is 4. The van der Waals surface area contributed by atoms with Gasteiger partial charge in [0.05, 0.1) is 17.9 Å². The Hall–Kier alpha value is -2.80. The Bertz CT molecular complexity index is 1140. The maximum absolute atomic E-state index is 13.5. The molecular formula is C25H26FN3O3. The van der Waals surface area contributed by atoms with Gasteiger partial charge in [-0.1, -0.05) is 5.16 Å². The van der Waals surface area contributed by atoms with E-state index in [1.54, 1.807) is 0 Å². The Kier molecular flexibility index (Phi) is 4.75. The van der Waals surface area contributed by atoms with Gasteiger partial charge in [-0.2, -0.15) is 0 Å². The number of carbonyl (C=O) groups is 2. The van der Waals surface area contributed by atoms with E-state index in [1.165, 1.54) is 6.08 Å². The van der Waals surface area contributed by atoms with Crippen LogP contribution in [-0.4, -0.2) is 47.9 Å². The molecule has 4 heterocycles. The molecular weight excluding hydrogens is 409 g/mol. The zero-order valence-corrected chi connectivity index (χ0v) is 18.0. The predicted molar refractivity (Wildman–Crippen MR) is 117 cm³/mol. The number of benzene rings is 1. The lowest BCUT2D eigenvalue weighted by Crippen LogP contribution is -2.37. The monoisotopic (exact) mass is 435 g/mol. The molecule has 2 aromatic rings. The SMILES string of the molecule is O=C(CN1CCC(c2noc3c2CCC(F)=C3)CC1)c1cc2c3c(c1)CCN3C(=O)CC2. The van der Waals surface area contributed by atoms with Crippen molar-refractivity contribution in [3.8, 4) is 0 Å². The number of allylic oxidation sites excluding steroid dienone is 1. The van der Waals surface area contributed by atoms with Crippen LogP contribution in [0.1, 0.15) is 70.1 Å². The molecule has 1 saturated heterocycles. The van der Waals surface area contributed by atoms with Gasteiger partial charge in [0.15, 0.2) is 11.5 Å². The highest BCUT2D eigenvalue weighted by molar-refractivity contribution is 6.02. The van der Waals surface area contributed by atoms with Crippen molar-refractivity contribution in [3.05, 3.63) is 51.7 Å². The van der Waals surface area contributed by atoms with E-state index in [1.807, 2.05) is 17.0 Å². The molecule has 6 rings (SSSR count). The number of halogens is 1. The number of fused-ring (bicyclic) bond motifs is 1. The van der Waals surface area contributed by atoms with Crippen LogP contribution in [0.15, 0.2) is 22.5 Å². The summed E-state index contributed by atoms with van der Waals surface area (Å²) in [7, 11) is 0. The third-order valence-electron chi connectivity index (χ3n) is 7.47. The summed E-state index contributed by atoms with van der Waals surface area (Å²) in [6.07, 6.45) is 6.47. The molecule has 0 spiro atoms. The van der Waals surface area contributed by atoms with Crippen LogP contribution >= 0.6 is 0 Å². The van der Waals surface area contributed by atoms with Crippen LogP contribution in [0, 0.1) is 0 Å². The quantitative estimate of drug-likeness (QED) is 0.683. The summed E-state index contributed by atoms with van der Waals surface area (Å²) in [4.78, 5) is 29.3. The van der Waals surface area contributed by atoms with Gasteiger partial charge in [-0.25, -0.2) is 4.39 Å². The summed E-state index contributed by atoms with van der Waals surface area (Å²) < 4.78 is 18.9. The Morgan fingerprint density at radius 2 is 1.84 bits per heavy atom. The van der Waals surface area contributed by atoms with E-state index in [0.717, 1.165) is 79.0 Å². The van der Waals surface area contributed by atoms with Crippen molar-refractivity contribution >= 4 is 23.5 Å². The average molecular weight is 435 g/mol. The third kappa shape index (κ3) is 3.30. The largest absolute Gasteiger partial charge is 0.356 e. The molecule has 1 amide bonds. The van der Waals surface area contributed by atoms with Crippen molar-refractivity contribution in [3.63, 3.8) is 0 Å². The Labute approximate surface area is 186 Å². The summed E-state index contributed by atoms with van der Waals surface area (Å²) >= 11 is 0. The summed E-state index contributed by atoms with van der Waals surface area (Å²) in [5.74, 6) is 1.08. The van der Waals surface area contributed by atoms with Crippen molar-refractivity contribution in [2.75, 3.05) is 31.1 Å². The first-order chi connectivity index (χ1) is 15.6. The topological polar surface area (TPSA) is 66.7 Å². The van der Waals surface area contributed by atoms with Crippen molar-refractivity contribution in [2.24, 2.45) is 0 Å². The summed E-state index contributed by atoms with van der Waals surface area (Å²) in [5.41, 5.74) is 6.15. The lowest BCUT2D eigenvalue weighted by atomic mass is 9.88. The number of ketones is 1. The van der Waals surface area contributed by atoms with Crippen molar-refractivity contribution in [2.45, 2.75) is 50.9 Å². The molecule has 0 radical (unpaired) electrons. The number of hydrogen-bond acceptors (Lipinski definition) is 5. The van der Waals surface area contributed by atoms with Gasteiger partial charge in [-0.3, -0.25) is 14.5 Å². The van der Waals surface area contributed by atoms with Crippen molar-refractivity contribution in [1.29, 1.82) is 0 Å². The number of anilines is 1. The Morgan fingerprint density at radius 1 is 1.06 bits per heavy atom. The number of aryl methyl sites for hydroxylation is 1. The van der Waals surface area contributed by atoms with Gasteiger partial charge in [0, 0.05) is 42.5 Å². The predicted octanol–water partition coefficient (Wildman–Crippen LogP) is 3.83. The van der Waals surface area contributed by atoms with Gasteiger partial charge in [0.25, 0.3) is 0 Å². The number of amides is 1.